The Hall–Kier alpha value is -3.60. The largest absolute Gasteiger partial charge is 0.417 e. The summed E-state index contributed by atoms with van der Waals surface area (Å²) in [5.41, 5.74) is 2.64. The molecule has 1 aliphatic rings. The first-order valence-corrected chi connectivity index (χ1v) is 13.6. The molecule has 3 N–H and O–H groups in total. The molecule has 3 heterocycles. The smallest absolute Gasteiger partial charge is 0.315 e. The molecule has 0 unspecified atom stereocenters. The van der Waals surface area contributed by atoms with Gasteiger partial charge in [-0.05, 0) is 79.9 Å². The van der Waals surface area contributed by atoms with Gasteiger partial charge in [0.15, 0.2) is 0 Å². The molecule has 2 aromatic heterocycles. The van der Waals surface area contributed by atoms with Gasteiger partial charge in [-0.25, -0.2) is 4.79 Å². The Bertz CT molecular complexity index is 1470. The summed E-state index contributed by atoms with van der Waals surface area (Å²) in [7, 11) is 0. The molecule has 11 heteroatoms. The summed E-state index contributed by atoms with van der Waals surface area (Å²) in [5.74, 6) is 0. The van der Waals surface area contributed by atoms with Crippen LogP contribution in [0.15, 0.2) is 67.1 Å². The number of aryl methyl sites for hydroxylation is 1. The minimum Gasteiger partial charge on any atom is -0.315 e. The van der Waals surface area contributed by atoms with Gasteiger partial charge in [-0.2, -0.15) is 13.2 Å². The Morgan fingerprint density at radius 1 is 1.00 bits per heavy atom. The topological polar surface area (TPSA) is 74.2 Å². The number of benzene rings is 2. The third-order valence-electron chi connectivity index (χ3n) is 7.00. The van der Waals surface area contributed by atoms with Crippen LogP contribution in [-0.4, -0.2) is 53.2 Å². The van der Waals surface area contributed by atoms with E-state index in [1.807, 2.05) is 24.4 Å². The van der Waals surface area contributed by atoms with Crippen LogP contribution in [0.4, 0.5) is 29.3 Å². The quantitative estimate of drug-likeness (QED) is 0.210. The number of pyridine rings is 1. The monoisotopic (exact) mass is 570 g/mol. The number of piperazine rings is 1. The average Bonchev–Trinajstić information content (AvgIpc) is 3.31. The van der Waals surface area contributed by atoms with Crippen LogP contribution in [0.3, 0.4) is 0 Å². The van der Waals surface area contributed by atoms with E-state index in [-0.39, 0.29) is 5.69 Å². The summed E-state index contributed by atoms with van der Waals surface area (Å²) >= 11 is 5.65. The molecule has 1 saturated heterocycles. The van der Waals surface area contributed by atoms with E-state index in [0.717, 1.165) is 75.3 Å². The van der Waals surface area contributed by atoms with Gasteiger partial charge in [0.1, 0.15) is 0 Å². The molecule has 210 valence electrons. The second-order valence-corrected chi connectivity index (χ2v) is 10.2. The number of halogens is 4. The molecule has 40 heavy (non-hydrogen) atoms. The molecular weight excluding hydrogens is 541 g/mol. The van der Waals surface area contributed by atoms with Crippen molar-refractivity contribution < 1.29 is 18.0 Å². The van der Waals surface area contributed by atoms with E-state index in [9.17, 15) is 18.0 Å². The van der Waals surface area contributed by atoms with Gasteiger partial charge in [0, 0.05) is 61.0 Å². The fraction of sp³-hybridized carbons (Fsp3) is 0.310. The van der Waals surface area contributed by atoms with E-state index in [1.165, 1.54) is 17.0 Å². The van der Waals surface area contributed by atoms with E-state index in [0.29, 0.717) is 5.69 Å². The van der Waals surface area contributed by atoms with Gasteiger partial charge in [0.2, 0.25) is 0 Å². The zero-order chi connectivity index (χ0) is 28.1. The molecule has 0 radical (unpaired) electrons. The predicted molar refractivity (Wildman–Crippen MR) is 152 cm³/mol. The maximum atomic E-state index is 13.1. The lowest BCUT2D eigenvalue weighted by Crippen LogP contribution is -2.43. The minimum absolute atomic E-state index is 0.0161. The Morgan fingerprint density at radius 2 is 1.73 bits per heavy atom. The first-order chi connectivity index (χ1) is 19.3. The van der Waals surface area contributed by atoms with E-state index < -0.39 is 22.8 Å². The summed E-state index contributed by atoms with van der Waals surface area (Å²) < 4.78 is 41.4. The lowest BCUT2D eigenvalue weighted by atomic mass is 10.1. The Labute approximate surface area is 235 Å². The van der Waals surface area contributed by atoms with Gasteiger partial charge in [0.25, 0.3) is 0 Å². The van der Waals surface area contributed by atoms with Gasteiger partial charge < -0.3 is 25.4 Å². The average molecular weight is 571 g/mol. The molecule has 0 spiro atoms. The normalized spacial score (nSPS) is 14.4. The third-order valence-corrected chi connectivity index (χ3v) is 7.33. The van der Waals surface area contributed by atoms with Gasteiger partial charge >= 0.3 is 12.2 Å². The minimum atomic E-state index is -4.62. The molecule has 0 saturated carbocycles. The number of unbranched alkanes of at least 4 members (excludes halogenated alkanes) is 1. The molecule has 2 aromatic carbocycles. The first-order valence-electron chi connectivity index (χ1n) is 13.2. The van der Waals surface area contributed by atoms with Crippen molar-refractivity contribution in [1.82, 2.24) is 19.8 Å². The molecule has 4 aromatic rings. The third kappa shape index (κ3) is 6.75. The van der Waals surface area contributed by atoms with Crippen molar-refractivity contribution in [3.05, 3.63) is 83.3 Å². The summed E-state index contributed by atoms with van der Waals surface area (Å²) in [5, 5.41) is 9.20. The van der Waals surface area contributed by atoms with Crippen molar-refractivity contribution in [2.75, 3.05) is 43.4 Å². The summed E-state index contributed by atoms with van der Waals surface area (Å²) in [6.45, 7) is 5.45. The number of nitrogens with one attached hydrogen (secondary N) is 3. The zero-order valence-electron chi connectivity index (χ0n) is 21.8. The number of alkyl halides is 3. The van der Waals surface area contributed by atoms with E-state index in [2.05, 4.69) is 36.6 Å². The maximum Gasteiger partial charge on any atom is 0.417 e. The van der Waals surface area contributed by atoms with Crippen molar-refractivity contribution in [2.45, 2.75) is 25.4 Å². The van der Waals surface area contributed by atoms with Crippen LogP contribution in [0.1, 0.15) is 24.0 Å². The van der Waals surface area contributed by atoms with Crippen molar-refractivity contribution in [3.8, 4) is 5.69 Å². The predicted octanol–water partition coefficient (Wildman–Crippen LogP) is 6.57. The molecule has 1 fully saturated rings. The number of rotatable bonds is 8. The number of hydrogen-bond acceptors (Lipinski definition) is 4. The number of hydrogen-bond donors (Lipinski definition) is 3. The second-order valence-electron chi connectivity index (χ2n) is 9.78. The highest BCUT2D eigenvalue weighted by Gasteiger charge is 2.33. The molecule has 2 amide bonds. The summed E-state index contributed by atoms with van der Waals surface area (Å²) in [6, 6.07) is 11.8. The van der Waals surface area contributed by atoms with Crippen molar-refractivity contribution in [2.24, 2.45) is 0 Å². The van der Waals surface area contributed by atoms with Crippen LogP contribution in [0, 0.1) is 0 Å². The molecular formula is C29H30ClF3N6O. The Kier molecular flexibility index (Phi) is 8.58. The Morgan fingerprint density at radius 3 is 2.48 bits per heavy atom. The highest BCUT2D eigenvalue weighted by molar-refractivity contribution is 6.31. The van der Waals surface area contributed by atoms with Crippen LogP contribution in [0.5, 0.6) is 0 Å². The number of amides is 2. The van der Waals surface area contributed by atoms with Crippen molar-refractivity contribution in [1.29, 1.82) is 0 Å². The number of anilines is 2. The maximum absolute atomic E-state index is 13.1. The second kappa shape index (κ2) is 12.3. The van der Waals surface area contributed by atoms with Gasteiger partial charge in [-0.3, -0.25) is 4.98 Å². The van der Waals surface area contributed by atoms with Crippen LogP contribution >= 0.6 is 11.6 Å². The number of aromatic nitrogens is 2. The SMILES string of the molecule is O=C(Nc1ccc(-n2cc(CCCCN3CCNCC3)c3ccncc32)cc1)Nc1ccc(Cl)c(C(F)(F)F)c1. The van der Waals surface area contributed by atoms with E-state index in [1.54, 1.807) is 18.3 Å². The molecule has 0 bridgehead atoms. The molecule has 0 atom stereocenters. The van der Waals surface area contributed by atoms with Gasteiger partial charge in [-0.15, -0.1) is 0 Å². The van der Waals surface area contributed by atoms with Crippen molar-refractivity contribution in [3.63, 3.8) is 0 Å². The summed E-state index contributed by atoms with van der Waals surface area (Å²) in [6.07, 6.45) is 4.39. The fourth-order valence-corrected chi connectivity index (χ4v) is 5.19. The molecule has 0 aliphatic carbocycles. The van der Waals surface area contributed by atoms with Crippen molar-refractivity contribution >= 4 is 39.9 Å². The highest BCUT2D eigenvalue weighted by atomic mass is 35.5. The first kappa shape index (κ1) is 27.9. The lowest BCUT2D eigenvalue weighted by molar-refractivity contribution is -0.137. The fourth-order valence-electron chi connectivity index (χ4n) is 4.96. The van der Waals surface area contributed by atoms with E-state index in [4.69, 9.17) is 11.6 Å². The van der Waals surface area contributed by atoms with Crippen LogP contribution in [-0.2, 0) is 12.6 Å². The number of nitrogens with zero attached hydrogens (tertiary/aromatic N) is 3. The highest BCUT2D eigenvalue weighted by Crippen LogP contribution is 2.36. The van der Waals surface area contributed by atoms with Gasteiger partial charge in [0.05, 0.1) is 22.3 Å². The van der Waals surface area contributed by atoms with E-state index >= 15 is 0 Å². The summed E-state index contributed by atoms with van der Waals surface area (Å²) in [4.78, 5) is 19.3. The molecule has 7 nitrogen and oxygen atoms in total. The van der Waals surface area contributed by atoms with Crippen LogP contribution in [0.2, 0.25) is 5.02 Å². The number of carbonyl (C=O) groups excluding carboxylic acids is 1. The van der Waals surface area contributed by atoms with Crippen LogP contribution in [0.25, 0.3) is 16.6 Å². The molecule has 1 aliphatic heterocycles. The zero-order valence-corrected chi connectivity index (χ0v) is 22.5. The Balaban J connectivity index is 1.23. The standard InChI is InChI=1S/C29H30ClF3N6O/c30-26-9-6-22(17-25(26)29(31,32)33)37-28(40)36-21-4-7-23(8-5-21)39-19-20(24-10-11-35-18-27(24)39)3-1-2-14-38-15-12-34-13-16-38/h4-11,17-19,34H,1-3,12-16H2,(H2,36,37,40). The number of fused-ring (bicyclic) bond motifs is 1. The number of urea groups is 1. The lowest BCUT2D eigenvalue weighted by Gasteiger charge is -2.26. The van der Waals surface area contributed by atoms with Gasteiger partial charge in [-0.1, -0.05) is 11.6 Å². The number of carbonyl (C=O) groups is 1. The molecule has 5 rings (SSSR count). The van der Waals surface area contributed by atoms with Crippen LogP contribution < -0.4 is 16.0 Å².